The van der Waals surface area contributed by atoms with Gasteiger partial charge in [-0.1, -0.05) is 6.92 Å². The van der Waals surface area contributed by atoms with Crippen molar-refractivity contribution in [2.24, 2.45) is 0 Å². The fourth-order valence-electron chi connectivity index (χ4n) is 1.61. The molecule has 1 atom stereocenters. The molecule has 0 amide bonds. The highest BCUT2D eigenvalue weighted by Crippen LogP contribution is 2.11. The van der Waals surface area contributed by atoms with Gasteiger partial charge in [0.2, 0.25) is 0 Å². The van der Waals surface area contributed by atoms with Crippen LogP contribution in [0.5, 0.6) is 0 Å². The van der Waals surface area contributed by atoms with Crippen molar-refractivity contribution in [1.29, 1.82) is 0 Å². The Morgan fingerprint density at radius 2 is 2.36 bits per heavy atom. The van der Waals surface area contributed by atoms with Gasteiger partial charge in [-0.25, -0.2) is 4.98 Å². The van der Waals surface area contributed by atoms with E-state index in [1.165, 1.54) is 30.0 Å². The van der Waals surface area contributed by atoms with Gasteiger partial charge in [0, 0.05) is 11.4 Å². The molecule has 14 heavy (non-hydrogen) atoms. The van der Waals surface area contributed by atoms with Crippen molar-refractivity contribution in [3.63, 3.8) is 0 Å². The number of hydrogen-bond donors (Lipinski definition) is 1. The van der Waals surface area contributed by atoms with Crippen molar-refractivity contribution >= 4 is 11.3 Å². The first-order chi connectivity index (χ1) is 6.76. The largest absolute Gasteiger partial charge is 0.317 e. The molecule has 0 saturated heterocycles. The highest BCUT2D eigenvalue weighted by Gasteiger charge is 2.03. The summed E-state index contributed by atoms with van der Waals surface area (Å²) in [6.45, 7) is 4.30. The predicted octanol–water partition coefficient (Wildman–Crippen LogP) is 2.77. The summed E-state index contributed by atoms with van der Waals surface area (Å²) >= 11 is 1.75. The van der Waals surface area contributed by atoms with Crippen molar-refractivity contribution in [2.75, 3.05) is 7.05 Å². The van der Waals surface area contributed by atoms with Crippen LogP contribution in [0, 0.1) is 6.92 Å². The lowest BCUT2D eigenvalue weighted by molar-refractivity contribution is 0.490. The molecule has 3 heteroatoms. The van der Waals surface area contributed by atoms with Gasteiger partial charge in [-0.3, -0.25) is 0 Å². The molecule has 0 aromatic carbocycles. The van der Waals surface area contributed by atoms with Crippen molar-refractivity contribution in [2.45, 2.75) is 45.6 Å². The van der Waals surface area contributed by atoms with Crippen molar-refractivity contribution in [3.05, 3.63) is 16.1 Å². The first-order valence-electron chi connectivity index (χ1n) is 5.34. The van der Waals surface area contributed by atoms with Crippen LogP contribution in [-0.4, -0.2) is 18.1 Å². The van der Waals surface area contributed by atoms with Crippen molar-refractivity contribution in [3.8, 4) is 0 Å². The number of aryl methyl sites for hydroxylation is 2. The molecule has 1 rings (SSSR count). The predicted molar refractivity (Wildman–Crippen MR) is 62.9 cm³/mol. The molecule has 2 nitrogen and oxygen atoms in total. The number of hydrogen-bond acceptors (Lipinski definition) is 3. The molecule has 1 unspecified atom stereocenters. The molecular weight excluding hydrogens is 192 g/mol. The second-order valence-electron chi connectivity index (χ2n) is 3.64. The zero-order valence-corrected chi connectivity index (χ0v) is 10.2. The Balaban J connectivity index is 2.21. The number of rotatable bonds is 6. The molecule has 0 fully saturated rings. The van der Waals surface area contributed by atoms with Crippen LogP contribution in [0.2, 0.25) is 0 Å². The summed E-state index contributed by atoms with van der Waals surface area (Å²) in [5, 5.41) is 6.68. The quantitative estimate of drug-likeness (QED) is 0.784. The molecule has 1 aromatic rings. The summed E-state index contributed by atoms with van der Waals surface area (Å²) in [6.07, 6.45) is 4.83. The van der Waals surface area contributed by atoms with Gasteiger partial charge in [0.25, 0.3) is 0 Å². The summed E-state index contributed by atoms with van der Waals surface area (Å²) in [5.74, 6) is 0. The lowest BCUT2D eigenvalue weighted by Gasteiger charge is -2.12. The first kappa shape index (κ1) is 11.7. The van der Waals surface area contributed by atoms with Gasteiger partial charge < -0.3 is 5.32 Å². The van der Waals surface area contributed by atoms with Crippen LogP contribution in [0.4, 0.5) is 0 Å². The van der Waals surface area contributed by atoms with E-state index in [4.69, 9.17) is 0 Å². The molecular formula is C11H20N2S. The summed E-state index contributed by atoms with van der Waals surface area (Å²) in [7, 11) is 2.04. The summed E-state index contributed by atoms with van der Waals surface area (Å²) < 4.78 is 0. The van der Waals surface area contributed by atoms with Gasteiger partial charge in [0.15, 0.2) is 0 Å². The van der Waals surface area contributed by atoms with Gasteiger partial charge in [0.1, 0.15) is 0 Å². The summed E-state index contributed by atoms with van der Waals surface area (Å²) in [5.41, 5.74) is 1.26. The smallest absolute Gasteiger partial charge is 0.0897 e. The van der Waals surface area contributed by atoms with Crippen molar-refractivity contribution < 1.29 is 0 Å². The molecule has 0 aliphatic heterocycles. The van der Waals surface area contributed by atoms with E-state index in [1.807, 2.05) is 7.05 Å². The monoisotopic (exact) mass is 212 g/mol. The average Bonchev–Trinajstić information content (AvgIpc) is 2.59. The fourth-order valence-corrected chi connectivity index (χ4v) is 2.25. The van der Waals surface area contributed by atoms with E-state index < -0.39 is 0 Å². The minimum atomic E-state index is 0.676. The molecule has 80 valence electrons. The number of thiazole rings is 1. The molecule has 0 radical (unpaired) electrons. The van der Waals surface area contributed by atoms with Crippen LogP contribution in [0.15, 0.2) is 5.38 Å². The Morgan fingerprint density at radius 3 is 2.86 bits per heavy atom. The van der Waals surface area contributed by atoms with E-state index >= 15 is 0 Å². The molecule has 0 aliphatic carbocycles. The fraction of sp³-hybridized carbons (Fsp3) is 0.727. The Morgan fingerprint density at radius 1 is 1.57 bits per heavy atom. The van der Waals surface area contributed by atoms with Crippen LogP contribution in [0.25, 0.3) is 0 Å². The van der Waals surface area contributed by atoms with Gasteiger partial charge in [-0.15, -0.1) is 11.3 Å². The highest BCUT2D eigenvalue weighted by atomic mass is 32.1. The number of aromatic nitrogens is 1. The molecule has 1 heterocycles. The van der Waals surface area contributed by atoms with E-state index in [1.54, 1.807) is 11.3 Å². The molecule has 0 spiro atoms. The van der Waals surface area contributed by atoms with Crippen molar-refractivity contribution in [1.82, 2.24) is 10.3 Å². The third kappa shape index (κ3) is 3.76. The van der Waals surface area contributed by atoms with E-state index in [0.29, 0.717) is 6.04 Å². The molecule has 0 saturated carbocycles. The second kappa shape index (κ2) is 6.14. The molecule has 0 bridgehead atoms. The minimum Gasteiger partial charge on any atom is -0.317 e. The van der Waals surface area contributed by atoms with E-state index in [-0.39, 0.29) is 0 Å². The Labute approximate surface area is 90.8 Å². The van der Waals surface area contributed by atoms with Crippen LogP contribution < -0.4 is 5.32 Å². The third-order valence-corrected chi connectivity index (χ3v) is 3.38. The normalized spacial score (nSPS) is 13.1. The van der Waals surface area contributed by atoms with Gasteiger partial charge in [0.05, 0.1) is 10.7 Å². The topological polar surface area (TPSA) is 24.9 Å². The lowest BCUT2D eigenvalue weighted by atomic mass is 10.1. The van der Waals surface area contributed by atoms with Crippen LogP contribution >= 0.6 is 11.3 Å². The van der Waals surface area contributed by atoms with Gasteiger partial charge in [-0.05, 0) is 39.7 Å². The second-order valence-corrected chi connectivity index (χ2v) is 4.71. The van der Waals surface area contributed by atoms with E-state index in [2.05, 4.69) is 29.5 Å². The van der Waals surface area contributed by atoms with Gasteiger partial charge >= 0.3 is 0 Å². The SMILES string of the molecule is CCC(CCCc1csc(C)n1)NC. The van der Waals surface area contributed by atoms with Gasteiger partial charge in [-0.2, -0.15) is 0 Å². The molecule has 0 aliphatic rings. The van der Waals surface area contributed by atoms with Crippen LogP contribution in [0.1, 0.15) is 36.9 Å². The maximum atomic E-state index is 4.46. The number of nitrogens with zero attached hydrogens (tertiary/aromatic N) is 1. The summed E-state index contributed by atoms with van der Waals surface area (Å²) in [4.78, 5) is 4.46. The van der Waals surface area contributed by atoms with E-state index in [9.17, 15) is 0 Å². The molecule has 1 aromatic heterocycles. The Kier molecular flexibility index (Phi) is 5.12. The average molecular weight is 212 g/mol. The Hall–Kier alpha value is -0.410. The zero-order chi connectivity index (χ0) is 10.4. The maximum Gasteiger partial charge on any atom is 0.0897 e. The van der Waals surface area contributed by atoms with E-state index in [0.717, 1.165) is 6.42 Å². The first-order valence-corrected chi connectivity index (χ1v) is 6.22. The van der Waals surface area contributed by atoms with Crippen LogP contribution in [-0.2, 0) is 6.42 Å². The molecule has 1 N–H and O–H groups in total. The number of nitrogens with one attached hydrogen (secondary N) is 1. The maximum absolute atomic E-state index is 4.46. The highest BCUT2D eigenvalue weighted by molar-refractivity contribution is 7.09. The van der Waals surface area contributed by atoms with Crippen LogP contribution in [0.3, 0.4) is 0 Å². The lowest BCUT2D eigenvalue weighted by Crippen LogP contribution is -2.23. The zero-order valence-electron chi connectivity index (χ0n) is 9.34. The standard InChI is InChI=1S/C11H20N2S/c1-4-10(12-3)6-5-7-11-8-14-9(2)13-11/h8,10,12H,4-7H2,1-3H3. The minimum absolute atomic E-state index is 0.676. The Bertz CT molecular complexity index is 254. The summed E-state index contributed by atoms with van der Waals surface area (Å²) in [6, 6.07) is 0.676. The third-order valence-electron chi connectivity index (χ3n) is 2.55.